The zero-order valence-corrected chi connectivity index (χ0v) is 12.4. The molecule has 104 valence electrons. The molecule has 2 amide bonds. The monoisotopic (exact) mass is 301 g/mol. The van der Waals surface area contributed by atoms with Gasteiger partial charge in [0.15, 0.2) is 0 Å². The van der Waals surface area contributed by atoms with Crippen molar-refractivity contribution in [1.82, 2.24) is 10.2 Å². The molecule has 4 nitrogen and oxygen atoms in total. The number of amides is 2. The topological polar surface area (TPSA) is 44.4 Å². The Labute approximate surface area is 123 Å². The maximum Gasteiger partial charge on any atom is 0.321 e. The summed E-state index contributed by atoms with van der Waals surface area (Å²) < 4.78 is 0. The molecule has 0 aliphatic carbocycles. The summed E-state index contributed by atoms with van der Waals surface area (Å²) in [4.78, 5) is 14.0. The molecule has 2 atom stereocenters. The standard InChI is InChI=1S/C13H17Cl2N3O/c1-8-6-18(7-9(2)16-8)13(19)17-12-5-10(14)3-4-11(12)15/h3-5,8-9,16H,6-7H2,1-2H3,(H,17,19). The van der Waals surface area contributed by atoms with Gasteiger partial charge >= 0.3 is 6.03 Å². The lowest BCUT2D eigenvalue weighted by Gasteiger charge is -2.36. The quantitative estimate of drug-likeness (QED) is 0.836. The van der Waals surface area contributed by atoms with Gasteiger partial charge in [0.25, 0.3) is 0 Å². The highest BCUT2D eigenvalue weighted by Gasteiger charge is 2.25. The first-order valence-corrected chi connectivity index (χ1v) is 6.98. The Morgan fingerprint density at radius 3 is 2.58 bits per heavy atom. The van der Waals surface area contributed by atoms with Gasteiger partial charge in [0.2, 0.25) is 0 Å². The highest BCUT2D eigenvalue weighted by Crippen LogP contribution is 2.25. The van der Waals surface area contributed by atoms with E-state index in [0.717, 1.165) is 0 Å². The van der Waals surface area contributed by atoms with Crippen LogP contribution in [0.5, 0.6) is 0 Å². The summed E-state index contributed by atoms with van der Waals surface area (Å²) >= 11 is 11.9. The van der Waals surface area contributed by atoms with Gasteiger partial charge in [-0.3, -0.25) is 0 Å². The van der Waals surface area contributed by atoms with E-state index < -0.39 is 0 Å². The van der Waals surface area contributed by atoms with Crippen LogP contribution in [0, 0.1) is 0 Å². The average Bonchev–Trinajstić information content (AvgIpc) is 2.32. The lowest BCUT2D eigenvalue weighted by Crippen LogP contribution is -2.56. The number of carbonyl (C=O) groups excluding carboxylic acids is 1. The number of rotatable bonds is 1. The van der Waals surface area contributed by atoms with E-state index in [1.807, 2.05) is 0 Å². The first-order valence-electron chi connectivity index (χ1n) is 6.22. The molecule has 0 bridgehead atoms. The number of carbonyl (C=O) groups is 1. The molecule has 2 N–H and O–H groups in total. The van der Waals surface area contributed by atoms with Gasteiger partial charge < -0.3 is 15.5 Å². The van der Waals surface area contributed by atoms with Crippen LogP contribution < -0.4 is 10.6 Å². The molecule has 1 aliphatic rings. The first kappa shape index (κ1) is 14.4. The normalized spacial score (nSPS) is 23.3. The number of anilines is 1. The lowest BCUT2D eigenvalue weighted by atomic mass is 10.1. The molecule has 1 saturated heterocycles. The van der Waals surface area contributed by atoms with Gasteiger partial charge in [-0.05, 0) is 32.0 Å². The predicted octanol–water partition coefficient (Wildman–Crippen LogP) is 3.21. The van der Waals surface area contributed by atoms with Crippen LogP contribution >= 0.6 is 23.2 Å². The minimum atomic E-state index is -0.149. The van der Waals surface area contributed by atoms with E-state index in [9.17, 15) is 4.79 Å². The summed E-state index contributed by atoms with van der Waals surface area (Å²) in [5.74, 6) is 0. The Bertz CT molecular complexity index is 471. The summed E-state index contributed by atoms with van der Waals surface area (Å²) in [6.07, 6.45) is 0. The number of nitrogens with one attached hydrogen (secondary N) is 2. The van der Waals surface area contributed by atoms with Gasteiger partial charge in [-0.25, -0.2) is 4.79 Å². The third kappa shape index (κ3) is 3.75. The molecule has 19 heavy (non-hydrogen) atoms. The van der Waals surface area contributed by atoms with Gasteiger partial charge in [0, 0.05) is 30.2 Å². The Balaban J connectivity index is 2.06. The molecule has 1 aliphatic heterocycles. The predicted molar refractivity (Wildman–Crippen MR) is 79.1 cm³/mol. The number of benzene rings is 1. The lowest BCUT2D eigenvalue weighted by molar-refractivity contribution is 0.176. The van der Waals surface area contributed by atoms with Crippen molar-refractivity contribution >= 4 is 34.9 Å². The Hall–Kier alpha value is -0.970. The number of nitrogens with zero attached hydrogens (tertiary/aromatic N) is 1. The average molecular weight is 302 g/mol. The first-order chi connectivity index (χ1) is 8.95. The van der Waals surface area contributed by atoms with Crippen LogP contribution in [0.4, 0.5) is 10.5 Å². The van der Waals surface area contributed by atoms with Crippen LogP contribution in [-0.4, -0.2) is 36.1 Å². The van der Waals surface area contributed by atoms with Crippen LogP contribution in [-0.2, 0) is 0 Å². The van der Waals surface area contributed by atoms with Crippen LogP contribution in [0.1, 0.15) is 13.8 Å². The minimum Gasteiger partial charge on any atom is -0.321 e. The molecule has 2 rings (SSSR count). The second-order valence-electron chi connectivity index (χ2n) is 4.93. The third-order valence-corrected chi connectivity index (χ3v) is 3.58. The smallest absolute Gasteiger partial charge is 0.321 e. The van der Waals surface area contributed by atoms with E-state index in [-0.39, 0.29) is 18.1 Å². The molecule has 6 heteroatoms. The Morgan fingerprint density at radius 1 is 1.32 bits per heavy atom. The minimum absolute atomic E-state index is 0.149. The number of urea groups is 1. The molecule has 1 aromatic rings. The van der Waals surface area contributed by atoms with Gasteiger partial charge in [0.05, 0.1) is 10.7 Å². The van der Waals surface area contributed by atoms with E-state index >= 15 is 0 Å². The van der Waals surface area contributed by atoms with Crippen molar-refractivity contribution in [2.75, 3.05) is 18.4 Å². The Kier molecular flexibility index (Phi) is 4.55. The molecule has 1 aromatic carbocycles. The van der Waals surface area contributed by atoms with Crippen molar-refractivity contribution in [1.29, 1.82) is 0 Å². The van der Waals surface area contributed by atoms with E-state index in [1.165, 1.54) is 0 Å². The molecule has 1 fully saturated rings. The van der Waals surface area contributed by atoms with Crippen molar-refractivity contribution in [2.24, 2.45) is 0 Å². The highest BCUT2D eigenvalue weighted by atomic mass is 35.5. The molecule has 0 saturated carbocycles. The number of hydrogen-bond acceptors (Lipinski definition) is 2. The molecule has 1 heterocycles. The zero-order valence-electron chi connectivity index (χ0n) is 10.9. The molecule has 2 unspecified atom stereocenters. The molecular formula is C13H17Cl2N3O. The second kappa shape index (κ2) is 5.99. The summed E-state index contributed by atoms with van der Waals surface area (Å²) in [5.41, 5.74) is 0.540. The molecule has 0 spiro atoms. The van der Waals surface area contributed by atoms with Crippen molar-refractivity contribution < 1.29 is 4.79 Å². The summed E-state index contributed by atoms with van der Waals surface area (Å²) in [5, 5.41) is 7.21. The van der Waals surface area contributed by atoms with Gasteiger partial charge in [-0.2, -0.15) is 0 Å². The molecule has 0 aromatic heterocycles. The molecular weight excluding hydrogens is 285 g/mol. The largest absolute Gasteiger partial charge is 0.321 e. The van der Waals surface area contributed by atoms with Gasteiger partial charge in [0.1, 0.15) is 0 Å². The highest BCUT2D eigenvalue weighted by molar-refractivity contribution is 6.35. The zero-order chi connectivity index (χ0) is 14.0. The SMILES string of the molecule is CC1CN(C(=O)Nc2cc(Cl)ccc2Cl)CC(C)N1. The van der Waals surface area contributed by atoms with Crippen molar-refractivity contribution in [3.8, 4) is 0 Å². The van der Waals surface area contributed by atoms with Crippen molar-refractivity contribution in [3.05, 3.63) is 28.2 Å². The van der Waals surface area contributed by atoms with Crippen molar-refractivity contribution in [2.45, 2.75) is 25.9 Å². The summed E-state index contributed by atoms with van der Waals surface area (Å²) in [7, 11) is 0. The number of piperazine rings is 1. The van der Waals surface area contributed by atoms with E-state index in [1.54, 1.807) is 23.1 Å². The van der Waals surface area contributed by atoms with Crippen LogP contribution in [0.3, 0.4) is 0 Å². The van der Waals surface area contributed by atoms with Crippen LogP contribution in [0.2, 0.25) is 10.0 Å². The third-order valence-electron chi connectivity index (χ3n) is 3.01. The fourth-order valence-corrected chi connectivity index (χ4v) is 2.62. The van der Waals surface area contributed by atoms with Crippen LogP contribution in [0.25, 0.3) is 0 Å². The summed E-state index contributed by atoms with van der Waals surface area (Å²) in [6, 6.07) is 5.42. The number of hydrogen-bond donors (Lipinski definition) is 2. The second-order valence-corrected chi connectivity index (χ2v) is 5.77. The summed E-state index contributed by atoms with van der Waals surface area (Å²) in [6.45, 7) is 5.47. The maximum atomic E-state index is 12.2. The maximum absolute atomic E-state index is 12.2. The number of halogens is 2. The Morgan fingerprint density at radius 2 is 1.95 bits per heavy atom. The van der Waals surface area contributed by atoms with Crippen molar-refractivity contribution in [3.63, 3.8) is 0 Å². The molecule has 0 radical (unpaired) electrons. The van der Waals surface area contributed by atoms with E-state index in [0.29, 0.717) is 28.8 Å². The van der Waals surface area contributed by atoms with Gasteiger partial charge in [-0.1, -0.05) is 23.2 Å². The van der Waals surface area contributed by atoms with Crippen LogP contribution in [0.15, 0.2) is 18.2 Å². The van der Waals surface area contributed by atoms with E-state index in [2.05, 4.69) is 24.5 Å². The fourth-order valence-electron chi connectivity index (χ4n) is 2.28. The van der Waals surface area contributed by atoms with E-state index in [4.69, 9.17) is 23.2 Å². The van der Waals surface area contributed by atoms with Gasteiger partial charge in [-0.15, -0.1) is 0 Å². The fraction of sp³-hybridized carbons (Fsp3) is 0.462.